The van der Waals surface area contributed by atoms with Gasteiger partial charge in [-0.15, -0.1) is 0 Å². The van der Waals surface area contributed by atoms with Crippen molar-refractivity contribution in [3.8, 4) is 11.3 Å². The maximum absolute atomic E-state index is 12.4. The van der Waals surface area contributed by atoms with Crippen LogP contribution in [0.2, 0.25) is 10.0 Å². The van der Waals surface area contributed by atoms with Crippen molar-refractivity contribution >= 4 is 34.8 Å². The normalized spacial score (nSPS) is 12.0. The Morgan fingerprint density at radius 1 is 1.08 bits per heavy atom. The van der Waals surface area contributed by atoms with E-state index in [1.807, 2.05) is 24.3 Å². The van der Waals surface area contributed by atoms with Crippen molar-refractivity contribution < 1.29 is 9.21 Å². The average Bonchev–Trinajstić information content (AvgIpc) is 3.14. The number of hydrogen-bond acceptors (Lipinski definition) is 2. The van der Waals surface area contributed by atoms with E-state index < -0.39 is 0 Å². The minimum Gasteiger partial charge on any atom is -0.451 e. The van der Waals surface area contributed by atoms with E-state index in [0.717, 1.165) is 12.1 Å². The van der Waals surface area contributed by atoms with E-state index in [9.17, 15) is 4.79 Å². The molecule has 0 aliphatic heterocycles. The average molecular weight is 388 g/mol. The van der Waals surface area contributed by atoms with Gasteiger partial charge in [0.15, 0.2) is 5.76 Å². The van der Waals surface area contributed by atoms with E-state index in [1.165, 1.54) is 5.56 Å². The SMILES string of the molecule is CCC(C)c1ccc(NC(=O)c2ccc(-c3cccc(Cl)c3Cl)o2)cc1. The first-order valence-electron chi connectivity index (χ1n) is 8.45. The van der Waals surface area contributed by atoms with E-state index in [1.54, 1.807) is 30.3 Å². The minimum absolute atomic E-state index is 0.210. The van der Waals surface area contributed by atoms with Crippen LogP contribution in [0.4, 0.5) is 5.69 Å². The Morgan fingerprint density at radius 3 is 2.50 bits per heavy atom. The molecule has 0 aliphatic carbocycles. The summed E-state index contributed by atoms with van der Waals surface area (Å²) in [6, 6.07) is 16.5. The van der Waals surface area contributed by atoms with E-state index in [2.05, 4.69) is 19.2 Å². The van der Waals surface area contributed by atoms with Crippen molar-refractivity contribution in [3.63, 3.8) is 0 Å². The number of benzene rings is 2. The molecule has 2 aromatic carbocycles. The second-order valence-electron chi connectivity index (χ2n) is 6.15. The molecule has 0 spiro atoms. The summed E-state index contributed by atoms with van der Waals surface area (Å²) in [5.41, 5.74) is 2.62. The van der Waals surface area contributed by atoms with Gasteiger partial charge in [0.1, 0.15) is 5.76 Å². The fourth-order valence-corrected chi connectivity index (χ4v) is 3.02. The zero-order valence-electron chi connectivity index (χ0n) is 14.6. The lowest BCUT2D eigenvalue weighted by Gasteiger charge is -2.10. The van der Waals surface area contributed by atoms with Gasteiger partial charge in [0.25, 0.3) is 5.91 Å². The standard InChI is InChI=1S/C21H19Cl2NO2/c1-3-13(2)14-7-9-15(10-8-14)24-21(25)19-12-11-18(26-19)16-5-4-6-17(22)20(16)23/h4-13H,3H2,1-2H3,(H,24,25). The molecule has 1 aromatic heterocycles. The molecule has 1 amide bonds. The number of halogens is 2. The fraction of sp³-hybridized carbons (Fsp3) is 0.190. The second kappa shape index (κ2) is 7.98. The topological polar surface area (TPSA) is 42.2 Å². The highest BCUT2D eigenvalue weighted by molar-refractivity contribution is 6.43. The molecule has 0 aliphatic rings. The highest BCUT2D eigenvalue weighted by Gasteiger charge is 2.15. The minimum atomic E-state index is -0.314. The van der Waals surface area contributed by atoms with Crippen LogP contribution in [0.25, 0.3) is 11.3 Å². The van der Waals surface area contributed by atoms with Crippen molar-refractivity contribution in [2.24, 2.45) is 0 Å². The molecular formula is C21H19Cl2NO2. The van der Waals surface area contributed by atoms with E-state index in [-0.39, 0.29) is 11.7 Å². The molecule has 1 atom stereocenters. The lowest BCUT2D eigenvalue weighted by atomic mass is 9.99. The Balaban J connectivity index is 1.75. The number of hydrogen-bond donors (Lipinski definition) is 1. The second-order valence-corrected chi connectivity index (χ2v) is 6.94. The fourth-order valence-electron chi connectivity index (χ4n) is 2.62. The van der Waals surface area contributed by atoms with Gasteiger partial charge in [-0.3, -0.25) is 4.79 Å². The third kappa shape index (κ3) is 3.95. The van der Waals surface area contributed by atoms with Gasteiger partial charge in [0.05, 0.1) is 10.0 Å². The summed E-state index contributed by atoms with van der Waals surface area (Å²) in [4.78, 5) is 12.4. The van der Waals surface area contributed by atoms with Gasteiger partial charge in [-0.1, -0.05) is 55.2 Å². The van der Waals surface area contributed by atoms with Crippen molar-refractivity contribution in [2.75, 3.05) is 5.32 Å². The highest BCUT2D eigenvalue weighted by Crippen LogP contribution is 2.34. The summed E-state index contributed by atoms with van der Waals surface area (Å²) in [7, 11) is 0. The van der Waals surface area contributed by atoms with Crippen LogP contribution >= 0.6 is 23.2 Å². The van der Waals surface area contributed by atoms with Crippen molar-refractivity contribution in [1.29, 1.82) is 0 Å². The molecule has 3 rings (SSSR count). The largest absolute Gasteiger partial charge is 0.451 e. The third-order valence-electron chi connectivity index (χ3n) is 4.40. The van der Waals surface area contributed by atoms with Crippen LogP contribution in [-0.4, -0.2) is 5.91 Å². The Hall–Kier alpha value is -2.23. The predicted molar refractivity (Wildman–Crippen MR) is 107 cm³/mol. The molecular weight excluding hydrogens is 369 g/mol. The molecule has 26 heavy (non-hydrogen) atoms. The molecule has 0 saturated heterocycles. The molecule has 1 unspecified atom stereocenters. The molecule has 0 saturated carbocycles. The molecule has 1 heterocycles. The zero-order valence-corrected chi connectivity index (χ0v) is 16.1. The first kappa shape index (κ1) is 18.6. The number of furan rings is 1. The van der Waals surface area contributed by atoms with Crippen LogP contribution in [0.3, 0.4) is 0 Å². The summed E-state index contributed by atoms with van der Waals surface area (Å²) < 4.78 is 5.66. The van der Waals surface area contributed by atoms with Crippen LogP contribution in [0, 0.1) is 0 Å². The van der Waals surface area contributed by atoms with Gasteiger partial charge in [-0.25, -0.2) is 0 Å². The van der Waals surface area contributed by atoms with Gasteiger partial charge >= 0.3 is 0 Å². The van der Waals surface area contributed by atoms with Crippen LogP contribution < -0.4 is 5.32 Å². The third-order valence-corrected chi connectivity index (χ3v) is 5.22. The van der Waals surface area contributed by atoms with Crippen molar-refractivity contribution in [1.82, 2.24) is 0 Å². The smallest absolute Gasteiger partial charge is 0.291 e. The summed E-state index contributed by atoms with van der Waals surface area (Å²) in [6.07, 6.45) is 1.08. The van der Waals surface area contributed by atoms with Gasteiger partial charge in [0, 0.05) is 11.3 Å². The van der Waals surface area contributed by atoms with Crippen LogP contribution in [0.15, 0.2) is 59.0 Å². The number of anilines is 1. The van der Waals surface area contributed by atoms with E-state index in [4.69, 9.17) is 27.6 Å². The maximum atomic E-state index is 12.4. The Labute approximate surface area is 162 Å². The van der Waals surface area contributed by atoms with Gasteiger partial charge in [-0.2, -0.15) is 0 Å². The molecule has 3 nitrogen and oxygen atoms in total. The Morgan fingerprint density at radius 2 is 1.81 bits per heavy atom. The molecule has 1 N–H and O–H groups in total. The lowest BCUT2D eigenvalue weighted by Crippen LogP contribution is -2.10. The van der Waals surface area contributed by atoms with Gasteiger partial charge in [-0.05, 0) is 54.3 Å². The Kier molecular flexibility index (Phi) is 5.70. The highest BCUT2D eigenvalue weighted by atomic mass is 35.5. The Bertz CT molecular complexity index is 916. The predicted octanol–water partition coefficient (Wildman–Crippen LogP) is 7.02. The number of nitrogens with one attached hydrogen (secondary N) is 1. The molecule has 134 valence electrons. The molecule has 0 bridgehead atoms. The first-order chi connectivity index (χ1) is 12.5. The quantitative estimate of drug-likeness (QED) is 0.510. The summed E-state index contributed by atoms with van der Waals surface area (Å²) in [5.74, 6) is 0.886. The lowest BCUT2D eigenvalue weighted by molar-refractivity contribution is 0.0997. The monoisotopic (exact) mass is 387 g/mol. The molecule has 5 heteroatoms. The van der Waals surface area contributed by atoms with E-state index in [0.29, 0.717) is 27.3 Å². The summed E-state index contributed by atoms with van der Waals surface area (Å²) in [5, 5.41) is 3.68. The van der Waals surface area contributed by atoms with Crippen molar-refractivity contribution in [3.05, 3.63) is 76.0 Å². The molecule has 0 fully saturated rings. The molecule has 3 aromatic rings. The summed E-state index contributed by atoms with van der Waals surface area (Å²) >= 11 is 12.2. The van der Waals surface area contributed by atoms with Crippen LogP contribution in [0.1, 0.15) is 42.3 Å². The number of rotatable bonds is 5. The van der Waals surface area contributed by atoms with Crippen LogP contribution in [0.5, 0.6) is 0 Å². The van der Waals surface area contributed by atoms with Crippen molar-refractivity contribution in [2.45, 2.75) is 26.2 Å². The van der Waals surface area contributed by atoms with Gasteiger partial charge in [0.2, 0.25) is 0 Å². The van der Waals surface area contributed by atoms with Gasteiger partial charge < -0.3 is 9.73 Å². The van der Waals surface area contributed by atoms with Crippen LogP contribution in [-0.2, 0) is 0 Å². The van der Waals surface area contributed by atoms with E-state index >= 15 is 0 Å². The zero-order chi connectivity index (χ0) is 18.7. The molecule has 0 radical (unpaired) electrons. The number of carbonyl (C=O) groups is 1. The first-order valence-corrected chi connectivity index (χ1v) is 9.20. The summed E-state index contributed by atoms with van der Waals surface area (Å²) in [6.45, 7) is 4.33. The maximum Gasteiger partial charge on any atom is 0.291 e. The number of amides is 1. The number of carbonyl (C=O) groups excluding carboxylic acids is 1.